The maximum atomic E-state index is 10.9. The minimum atomic E-state index is -0.500. The summed E-state index contributed by atoms with van der Waals surface area (Å²) < 4.78 is 1.64. The zero-order valence-corrected chi connectivity index (χ0v) is 6.07. The predicted molar refractivity (Wildman–Crippen MR) is 38.2 cm³/mol. The first-order chi connectivity index (χ1) is 5.25. The average Bonchev–Trinajstić information content (AvgIpc) is 2.36. The predicted octanol–water partition coefficient (Wildman–Crippen LogP) is -0.440. The van der Waals surface area contributed by atoms with Crippen molar-refractivity contribution in [1.29, 1.82) is 0 Å². The van der Waals surface area contributed by atoms with Crippen molar-refractivity contribution in [3.05, 3.63) is 24.0 Å². The highest BCUT2D eigenvalue weighted by atomic mass is 16.7. The Morgan fingerprint density at radius 2 is 2.55 bits per heavy atom. The van der Waals surface area contributed by atoms with Crippen LogP contribution in [0.1, 0.15) is 10.5 Å². The molecule has 60 valence electrons. The molecule has 0 aliphatic heterocycles. The van der Waals surface area contributed by atoms with Gasteiger partial charge in [0, 0.05) is 13.2 Å². The highest BCUT2D eigenvalue weighted by Gasteiger charge is 2.08. The standard InChI is InChI=1S/C6H9N3O2/c1-9-4-2-3-5(9)6(10)11-8-7/h2-4,8H,7H2,1H3. The van der Waals surface area contributed by atoms with E-state index in [4.69, 9.17) is 5.84 Å². The summed E-state index contributed by atoms with van der Waals surface area (Å²) in [5, 5.41) is 0. The Kier molecular flexibility index (Phi) is 2.25. The van der Waals surface area contributed by atoms with E-state index < -0.39 is 5.97 Å². The first kappa shape index (κ1) is 7.77. The summed E-state index contributed by atoms with van der Waals surface area (Å²) >= 11 is 0. The van der Waals surface area contributed by atoms with Gasteiger partial charge in [-0.2, -0.15) is 0 Å². The molecule has 5 heteroatoms. The highest BCUT2D eigenvalue weighted by molar-refractivity contribution is 5.87. The van der Waals surface area contributed by atoms with Gasteiger partial charge in [0.2, 0.25) is 0 Å². The molecule has 0 bridgehead atoms. The average molecular weight is 155 g/mol. The van der Waals surface area contributed by atoms with E-state index in [1.165, 1.54) is 0 Å². The van der Waals surface area contributed by atoms with Gasteiger partial charge >= 0.3 is 5.97 Å². The van der Waals surface area contributed by atoms with Crippen LogP contribution in [0.3, 0.4) is 0 Å². The first-order valence-corrected chi connectivity index (χ1v) is 3.04. The molecule has 5 nitrogen and oxygen atoms in total. The number of hydrogen-bond acceptors (Lipinski definition) is 4. The van der Waals surface area contributed by atoms with Crippen molar-refractivity contribution < 1.29 is 9.63 Å². The second-order valence-corrected chi connectivity index (χ2v) is 2.01. The smallest absolute Gasteiger partial charge is 0.350 e. The van der Waals surface area contributed by atoms with Gasteiger partial charge in [-0.3, -0.25) is 0 Å². The van der Waals surface area contributed by atoms with Gasteiger partial charge in [0.05, 0.1) is 0 Å². The number of nitrogens with one attached hydrogen (secondary N) is 1. The second kappa shape index (κ2) is 3.18. The summed E-state index contributed by atoms with van der Waals surface area (Å²) in [6.45, 7) is 0. The fourth-order valence-corrected chi connectivity index (χ4v) is 0.779. The quantitative estimate of drug-likeness (QED) is 0.448. The molecule has 1 heterocycles. The number of carbonyl (C=O) groups is 1. The van der Waals surface area contributed by atoms with Gasteiger partial charge in [-0.25, -0.2) is 10.6 Å². The molecule has 0 atom stereocenters. The van der Waals surface area contributed by atoms with Crippen LogP contribution < -0.4 is 11.4 Å². The molecule has 0 fully saturated rings. The largest absolute Gasteiger partial charge is 0.374 e. The molecule has 3 N–H and O–H groups in total. The van der Waals surface area contributed by atoms with Crippen molar-refractivity contribution in [2.24, 2.45) is 12.9 Å². The fraction of sp³-hybridized carbons (Fsp3) is 0.167. The van der Waals surface area contributed by atoms with Crippen LogP contribution in [0.2, 0.25) is 0 Å². The van der Waals surface area contributed by atoms with E-state index in [9.17, 15) is 4.79 Å². The van der Waals surface area contributed by atoms with Gasteiger partial charge in [-0.1, -0.05) is 5.59 Å². The normalized spacial score (nSPS) is 9.64. The zero-order chi connectivity index (χ0) is 8.27. The van der Waals surface area contributed by atoms with E-state index in [2.05, 4.69) is 4.84 Å². The maximum absolute atomic E-state index is 10.9. The fourth-order valence-electron chi connectivity index (χ4n) is 0.779. The van der Waals surface area contributed by atoms with E-state index >= 15 is 0 Å². The Labute approximate surface area is 63.7 Å². The number of rotatable bonds is 2. The van der Waals surface area contributed by atoms with Crippen LogP contribution in [-0.4, -0.2) is 10.5 Å². The Hall–Kier alpha value is -1.33. The molecule has 0 aromatic carbocycles. The van der Waals surface area contributed by atoms with E-state index in [1.807, 2.05) is 5.59 Å². The van der Waals surface area contributed by atoms with Crippen molar-refractivity contribution in [3.63, 3.8) is 0 Å². The second-order valence-electron chi connectivity index (χ2n) is 2.01. The Bertz CT molecular complexity index is 256. The van der Waals surface area contributed by atoms with E-state index in [0.717, 1.165) is 0 Å². The number of carbonyl (C=O) groups excluding carboxylic acids is 1. The third-order valence-electron chi connectivity index (χ3n) is 1.30. The van der Waals surface area contributed by atoms with Crippen LogP contribution in [0, 0.1) is 0 Å². The van der Waals surface area contributed by atoms with Crippen LogP contribution in [0.5, 0.6) is 0 Å². The summed E-state index contributed by atoms with van der Waals surface area (Å²) in [5.41, 5.74) is 2.27. The van der Waals surface area contributed by atoms with Crippen LogP contribution in [0.15, 0.2) is 18.3 Å². The van der Waals surface area contributed by atoms with Crippen molar-refractivity contribution >= 4 is 5.97 Å². The lowest BCUT2D eigenvalue weighted by atomic mass is 10.4. The SMILES string of the molecule is Cn1cccc1C(=O)ONN. The van der Waals surface area contributed by atoms with E-state index in [-0.39, 0.29) is 0 Å². The number of aromatic nitrogens is 1. The van der Waals surface area contributed by atoms with Crippen LogP contribution in [0.25, 0.3) is 0 Å². The monoisotopic (exact) mass is 155 g/mol. The molecule has 0 saturated heterocycles. The minimum Gasteiger partial charge on any atom is -0.350 e. The van der Waals surface area contributed by atoms with Gasteiger partial charge < -0.3 is 9.40 Å². The van der Waals surface area contributed by atoms with E-state index in [0.29, 0.717) is 5.69 Å². The molecule has 0 unspecified atom stereocenters. The van der Waals surface area contributed by atoms with Crippen molar-refractivity contribution in [3.8, 4) is 0 Å². The topological polar surface area (TPSA) is 69.3 Å². The lowest BCUT2D eigenvalue weighted by Gasteiger charge is -2.00. The first-order valence-electron chi connectivity index (χ1n) is 3.04. The molecule has 11 heavy (non-hydrogen) atoms. The summed E-state index contributed by atoms with van der Waals surface area (Å²) in [7, 11) is 1.74. The molecule has 0 amide bonds. The molecular formula is C6H9N3O2. The van der Waals surface area contributed by atoms with Crippen molar-refractivity contribution in [2.45, 2.75) is 0 Å². The lowest BCUT2D eigenvalue weighted by Crippen LogP contribution is -2.27. The van der Waals surface area contributed by atoms with Crippen LogP contribution >= 0.6 is 0 Å². The molecule has 1 aromatic heterocycles. The Morgan fingerprint density at radius 1 is 1.82 bits per heavy atom. The lowest BCUT2D eigenvalue weighted by molar-refractivity contribution is 0.0243. The molecule has 1 rings (SSSR count). The molecule has 0 radical (unpaired) electrons. The molecule has 0 aliphatic rings. The van der Waals surface area contributed by atoms with Gasteiger partial charge in [0.15, 0.2) is 0 Å². The van der Waals surface area contributed by atoms with Crippen molar-refractivity contribution in [1.82, 2.24) is 10.2 Å². The molecular weight excluding hydrogens is 146 g/mol. The number of hydrogen-bond donors (Lipinski definition) is 2. The van der Waals surface area contributed by atoms with Crippen LogP contribution in [-0.2, 0) is 11.9 Å². The van der Waals surface area contributed by atoms with Gasteiger partial charge in [-0.15, -0.1) is 0 Å². The van der Waals surface area contributed by atoms with Gasteiger partial charge in [-0.05, 0) is 12.1 Å². The molecule has 0 saturated carbocycles. The molecule has 1 aromatic rings. The van der Waals surface area contributed by atoms with Crippen LogP contribution in [0.4, 0.5) is 0 Å². The minimum absolute atomic E-state index is 0.447. The van der Waals surface area contributed by atoms with Crippen molar-refractivity contribution in [2.75, 3.05) is 0 Å². The van der Waals surface area contributed by atoms with Gasteiger partial charge in [0.25, 0.3) is 0 Å². The summed E-state index contributed by atoms with van der Waals surface area (Å²) in [6, 6.07) is 3.38. The number of hydrazine groups is 1. The third-order valence-corrected chi connectivity index (χ3v) is 1.30. The highest BCUT2D eigenvalue weighted by Crippen LogP contribution is 1.99. The molecule has 0 aliphatic carbocycles. The Morgan fingerprint density at radius 3 is 3.00 bits per heavy atom. The maximum Gasteiger partial charge on any atom is 0.374 e. The zero-order valence-electron chi connectivity index (χ0n) is 6.07. The summed E-state index contributed by atoms with van der Waals surface area (Å²) in [4.78, 5) is 15.3. The number of nitrogens with zero attached hydrogens (tertiary/aromatic N) is 1. The molecule has 0 spiro atoms. The summed E-state index contributed by atoms with van der Waals surface area (Å²) in [6.07, 6.45) is 1.74. The number of aryl methyl sites for hydroxylation is 1. The Balaban J connectivity index is 2.76. The van der Waals surface area contributed by atoms with Gasteiger partial charge in [0.1, 0.15) is 5.69 Å². The number of nitrogens with two attached hydrogens (primary N) is 1. The summed E-state index contributed by atoms with van der Waals surface area (Å²) in [5.74, 6) is 4.28. The van der Waals surface area contributed by atoms with E-state index in [1.54, 1.807) is 29.9 Å². The third kappa shape index (κ3) is 1.57.